The van der Waals surface area contributed by atoms with Crippen LogP contribution in [0.2, 0.25) is 0 Å². The highest BCUT2D eigenvalue weighted by Gasteiger charge is 2.22. The third-order valence-corrected chi connectivity index (χ3v) is 11.8. The summed E-state index contributed by atoms with van der Waals surface area (Å²) in [5.41, 5.74) is 9.56. The number of furan rings is 1. The second-order valence-corrected chi connectivity index (χ2v) is 14.9. The third kappa shape index (κ3) is 5.64. The number of para-hydroxylation sites is 1. The van der Waals surface area contributed by atoms with Crippen molar-refractivity contribution in [2.24, 2.45) is 0 Å². The summed E-state index contributed by atoms with van der Waals surface area (Å²) in [6.45, 7) is 0. The maximum Gasteiger partial charge on any atom is 0.164 e. The van der Waals surface area contributed by atoms with Gasteiger partial charge in [-0.05, 0) is 45.2 Å². The largest absolute Gasteiger partial charge is 0.456 e. The Morgan fingerprint density at radius 3 is 1.56 bits per heavy atom. The third-order valence-electron chi connectivity index (χ3n) is 10.6. The molecule has 248 valence electrons. The monoisotopic (exact) mass is 727 g/mol. The first-order chi connectivity index (χ1) is 27.7. The summed E-state index contributed by atoms with van der Waals surface area (Å²) in [5.74, 6) is 1.53. The van der Waals surface area contributed by atoms with Crippen molar-refractivity contribution in [1.82, 2.24) is 15.0 Å². The van der Waals surface area contributed by atoms with E-state index in [0.717, 1.165) is 60.0 Å². The number of thiophene rings is 1. The molecule has 3 aromatic heterocycles. The Bertz CT molecular complexity index is 3260. The van der Waals surface area contributed by atoms with Crippen molar-refractivity contribution in [3.63, 3.8) is 0 Å². The molecule has 3 heterocycles. The molecule has 10 rings (SSSR count). The van der Waals surface area contributed by atoms with E-state index in [0.29, 0.717) is 54.9 Å². The summed E-state index contributed by atoms with van der Waals surface area (Å²) < 4.78 is 7.65. The van der Waals surface area contributed by atoms with Crippen molar-refractivity contribution in [2.75, 3.05) is 0 Å². The predicted molar refractivity (Wildman–Crippen MR) is 245 cm³/mol. The highest BCUT2D eigenvalue weighted by molar-refractivity contribution is 7.28. The first-order valence-electron chi connectivity index (χ1n) is 18.1. The first-order valence-corrected chi connectivity index (χ1v) is 18.9. The predicted octanol–water partition coefficient (Wildman–Crippen LogP) is 4.03. The van der Waals surface area contributed by atoms with Gasteiger partial charge >= 0.3 is 0 Å². The van der Waals surface area contributed by atoms with Crippen molar-refractivity contribution < 1.29 is 4.42 Å². The van der Waals surface area contributed by atoms with Crippen LogP contribution in [-0.4, -0.2) is 69.9 Å². The molecule has 0 unspecified atom stereocenters. The molecular formula is C45H20B7N3OS. The molecule has 0 fully saturated rings. The molecule has 0 amide bonds. The number of rotatable bonds is 5. The Hall–Kier alpha value is -5.98. The van der Waals surface area contributed by atoms with Gasteiger partial charge in [0.25, 0.3) is 0 Å². The maximum absolute atomic E-state index is 6.73. The van der Waals surface area contributed by atoms with E-state index >= 15 is 0 Å². The number of aromatic nitrogens is 3. The van der Waals surface area contributed by atoms with Crippen LogP contribution in [0.3, 0.4) is 0 Å². The maximum atomic E-state index is 6.73. The molecule has 0 N–H and O–H groups in total. The van der Waals surface area contributed by atoms with Crippen LogP contribution in [0.4, 0.5) is 0 Å². The minimum Gasteiger partial charge on any atom is -0.456 e. The summed E-state index contributed by atoms with van der Waals surface area (Å²) in [5, 5.41) is 3.14. The van der Waals surface area contributed by atoms with E-state index in [1.807, 2.05) is 97.1 Å². The lowest BCUT2D eigenvalue weighted by Crippen LogP contribution is -2.47. The number of hydrogen-bond acceptors (Lipinski definition) is 5. The molecule has 57 heavy (non-hydrogen) atoms. The van der Waals surface area contributed by atoms with Gasteiger partial charge in [0.05, 0.1) is 0 Å². The van der Waals surface area contributed by atoms with Crippen molar-refractivity contribution in [2.45, 2.75) is 0 Å². The van der Waals surface area contributed by atoms with Crippen molar-refractivity contribution in [3.05, 3.63) is 121 Å². The van der Waals surface area contributed by atoms with Gasteiger partial charge in [-0.3, -0.25) is 0 Å². The standard InChI is InChI=1S/C45H20B7N3OS/c46-34-30(41-32(35(47)37(34)49)33-36(48)38(50)39(51)40(52)42(33)57-41)23-15-19-25(20-16-23)44-53-43(24-17-13-22(14-18-24)21-7-2-1-3-8-21)54-45(55-44)27-10-6-12-29-31(27)26-9-4-5-11-28(26)56-29/h1-20H. The summed E-state index contributed by atoms with van der Waals surface area (Å²) in [7, 11) is 45.4. The zero-order valence-electron chi connectivity index (χ0n) is 30.2. The Morgan fingerprint density at radius 1 is 0.368 bits per heavy atom. The summed E-state index contributed by atoms with van der Waals surface area (Å²) in [6, 6.07) is 40.2. The molecular weight excluding hydrogens is 706 g/mol. The Morgan fingerprint density at radius 2 is 0.877 bits per heavy atom. The van der Waals surface area contributed by atoms with Crippen LogP contribution in [0.5, 0.6) is 0 Å². The van der Waals surface area contributed by atoms with Crippen molar-refractivity contribution in [1.29, 1.82) is 0 Å². The summed E-state index contributed by atoms with van der Waals surface area (Å²) in [4.78, 5) is 15.2. The lowest BCUT2D eigenvalue weighted by atomic mass is 9.64. The van der Waals surface area contributed by atoms with Crippen molar-refractivity contribution in [3.8, 4) is 56.4 Å². The Kier molecular flexibility index (Phi) is 8.46. The fourth-order valence-electron chi connectivity index (χ4n) is 7.63. The molecule has 7 aromatic carbocycles. The SMILES string of the molecule is [B]c1c([B])c([B])c2c(sc3c(-c4ccc(-c5nc(-c6ccc(-c7ccccc7)cc6)nc(-c6cccc7oc8ccccc8c67)n5)cc4)c([B])c([B])c([B])c32)c1[B]. The molecule has 0 bridgehead atoms. The van der Waals surface area contributed by atoms with Gasteiger partial charge in [0.2, 0.25) is 0 Å². The highest BCUT2D eigenvalue weighted by Crippen LogP contribution is 2.38. The zero-order chi connectivity index (χ0) is 39.1. The molecule has 12 heteroatoms. The van der Waals surface area contributed by atoms with Crippen LogP contribution < -0.4 is 38.2 Å². The fraction of sp³-hybridized carbons (Fsp3) is 0. The average molecular weight is 726 g/mol. The zero-order valence-corrected chi connectivity index (χ0v) is 31.1. The molecule has 10 aromatic rings. The number of benzene rings is 7. The molecule has 4 nitrogen and oxygen atoms in total. The Labute approximate surface area is 342 Å². The van der Waals surface area contributed by atoms with Gasteiger partial charge in [-0.2, -0.15) is 0 Å². The van der Waals surface area contributed by atoms with Gasteiger partial charge < -0.3 is 4.42 Å². The van der Waals surface area contributed by atoms with Gasteiger partial charge in [-0.25, -0.2) is 15.0 Å². The van der Waals surface area contributed by atoms with E-state index in [1.54, 1.807) is 0 Å². The normalized spacial score (nSPS) is 11.6. The van der Waals surface area contributed by atoms with Crippen LogP contribution in [0.1, 0.15) is 0 Å². The van der Waals surface area contributed by atoms with Crippen LogP contribution in [0.25, 0.3) is 98.5 Å². The van der Waals surface area contributed by atoms with Gasteiger partial charge in [-0.1, -0.05) is 131 Å². The Balaban J connectivity index is 1.14. The topological polar surface area (TPSA) is 51.8 Å². The smallest absolute Gasteiger partial charge is 0.164 e. The number of nitrogens with zero attached hydrogens (tertiary/aromatic N) is 3. The minimum atomic E-state index is 0.195. The molecule has 0 aliphatic heterocycles. The highest BCUT2D eigenvalue weighted by atomic mass is 32.1. The van der Waals surface area contributed by atoms with E-state index in [1.165, 1.54) is 11.3 Å². The molecule has 14 radical (unpaired) electrons. The summed E-state index contributed by atoms with van der Waals surface area (Å²) >= 11 is 1.39. The quantitative estimate of drug-likeness (QED) is 0.252. The average Bonchev–Trinajstić information content (AvgIpc) is 3.84. The van der Waals surface area contributed by atoms with Gasteiger partial charge in [0, 0.05) is 36.9 Å². The molecule has 0 aliphatic carbocycles. The van der Waals surface area contributed by atoms with E-state index in [2.05, 4.69) is 24.3 Å². The van der Waals surface area contributed by atoms with E-state index in [-0.39, 0.29) is 21.9 Å². The van der Waals surface area contributed by atoms with Crippen LogP contribution in [-0.2, 0) is 0 Å². The van der Waals surface area contributed by atoms with Crippen LogP contribution in [0.15, 0.2) is 126 Å². The van der Waals surface area contributed by atoms with Crippen LogP contribution >= 0.6 is 11.3 Å². The second kappa shape index (κ2) is 13.6. The lowest BCUT2D eigenvalue weighted by molar-refractivity contribution is 0.669. The molecule has 0 atom stereocenters. The molecule has 0 aliphatic rings. The first kappa shape index (κ1) is 35.4. The second-order valence-electron chi connectivity index (χ2n) is 13.9. The fourth-order valence-corrected chi connectivity index (χ4v) is 9.01. The van der Waals surface area contributed by atoms with E-state index in [9.17, 15) is 0 Å². The number of hydrogen-bond donors (Lipinski definition) is 0. The van der Waals surface area contributed by atoms with E-state index < -0.39 is 0 Å². The van der Waals surface area contributed by atoms with Crippen LogP contribution in [0, 0.1) is 0 Å². The van der Waals surface area contributed by atoms with Crippen molar-refractivity contribution >= 4 is 147 Å². The van der Waals surface area contributed by atoms with Gasteiger partial charge in [0.15, 0.2) is 17.5 Å². The molecule has 0 spiro atoms. The molecule has 0 saturated heterocycles. The van der Waals surface area contributed by atoms with Gasteiger partial charge in [0.1, 0.15) is 66.1 Å². The number of fused-ring (bicyclic) bond motifs is 6. The summed E-state index contributed by atoms with van der Waals surface area (Å²) in [6.07, 6.45) is 0. The molecule has 0 saturated carbocycles. The lowest BCUT2D eigenvalue weighted by Gasteiger charge is -2.18. The minimum absolute atomic E-state index is 0.195. The van der Waals surface area contributed by atoms with Gasteiger partial charge in [-0.15, -0.1) is 27.7 Å². The van der Waals surface area contributed by atoms with E-state index in [4.69, 9.17) is 74.3 Å².